The van der Waals surface area contributed by atoms with Gasteiger partial charge in [0.15, 0.2) is 5.78 Å². The van der Waals surface area contributed by atoms with Crippen LogP contribution in [0.2, 0.25) is 0 Å². The Labute approximate surface area is 77.8 Å². The average Bonchev–Trinajstić information content (AvgIpc) is 2.19. The lowest BCUT2D eigenvalue weighted by atomic mass is 10.1. The van der Waals surface area contributed by atoms with Crippen molar-refractivity contribution in [2.75, 3.05) is 6.61 Å². The van der Waals surface area contributed by atoms with Gasteiger partial charge in [0.1, 0.15) is 0 Å². The maximum absolute atomic E-state index is 11.4. The molecule has 1 rings (SSSR count). The molecule has 1 aromatic rings. The van der Waals surface area contributed by atoms with Crippen molar-refractivity contribution in [1.82, 2.24) is 0 Å². The first-order chi connectivity index (χ1) is 6.34. The molecule has 0 aromatic heterocycles. The van der Waals surface area contributed by atoms with Crippen molar-refractivity contribution in [1.29, 1.82) is 0 Å². The van der Waals surface area contributed by atoms with Crippen LogP contribution in [0.15, 0.2) is 43.2 Å². The number of ketones is 1. The molecule has 2 heteroatoms. The van der Waals surface area contributed by atoms with Gasteiger partial charge in [-0.05, 0) is 0 Å². The summed E-state index contributed by atoms with van der Waals surface area (Å²) in [5.41, 5.74) is 0.732. The van der Waals surface area contributed by atoms with Crippen LogP contribution in [-0.4, -0.2) is 12.4 Å². The second-order valence-electron chi connectivity index (χ2n) is 2.58. The summed E-state index contributed by atoms with van der Waals surface area (Å²) in [5, 5.41) is 0. The van der Waals surface area contributed by atoms with E-state index in [1.165, 1.54) is 6.26 Å². The van der Waals surface area contributed by atoms with Crippen LogP contribution in [0.3, 0.4) is 0 Å². The Kier molecular flexibility index (Phi) is 3.76. The second-order valence-corrected chi connectivity index (χ2v) is 2.58. The number of Topliss-reactive ketones (excluding diaryl/α,β-unsaturated/α-hetero) is 1. The van der Waals surface area contributed by atoms with Gasteiger partial charge in [0.25, 0.3) is 0 Å². The van der Waals surface area contributed by atoms with E-state index in [1.807, 2.05) is 18.2 Å². The lowest BCUT2D eigenvalue weighted by Gasteiger charge is -2.00. The van der Waals surface area contributed by atoms with Crippen molar-refractivity contribution in [3.8, 4) is 0 Å². The summed E-state index contributed by atoms with van der Waals surface area (Å²) in [7, 11) is 0. The second kappa shape index (κ2) is 5.14. The van der Waals surface area contributed by atoms with Crippen molar-refractivity contribution in [2.45, 2.75) is 6.42 Å². The molecule has 0 atom stereocenters. The first-order valence-corrected chi connectivity index (χ1v) is 4.15. The van der Waals surface area contributed by atoms with Crippen LogP contribution < -0.4 is 0 Å². The highest BCUT2D eigenvalue weighted by atomic mass is 16.5. The van der Waals surface area contributed by atoms with Gasteiger partial charge in [-0.25, -0.2) is 0 Å². The fraction of sp³-hybridized carbons (Fsp3) is 0.182. The van der Waals surface area contributed by atoms with Gasteiger partial charge < -0.3 is 4.74 Å². The summed E-state index contributed by atoms with van der Waals surface area (Å²) in [6.45, 7) is 3.80. The minimum absolute atomic E-state index is 0.0995. The lowest BCUT2D eigenvalue weighted by Crippen LogP contribution is -2.02. The van der Waals surface area contributed by atoms with E-state index in [0.29, 0.717) is 13.0 Å². The lowest BCUT2D eigenvalue weighted by molar-refractivity contribution is 0.0950. The Hall–Kier alpha value is -1.57. The summed E-state index contributed by atoms with van der Waals surface area (Å²) in [4.78, 5) is 11.4. The van der Waals surface area contributed by atoms with Gasteiger partial charge in [-0.3, -0.25) is 4.79 Å². The van der Waals surface area contributed by atoms with Gasteiger partial charge in [-0.2, -0.15) is 0 Å². The third kappa shape index (κ3) is 3.11. The zero-order valence-corrected chi connectivity index (χ0v) is 7.40. The van der Waals surface area contributed by atoms with Gasteiger partial charge in [0, 0.05) is 12.0 Å². The van der Waals surface area contributed by atoms with Crippen LogP contribution >= 0.6 is 0 Å². The van der Waals surface area contributed by atoms with Crippen molar-refractivity contribution in [3.63, 3.8) is 0 Å². The molecule has 0 aliphatic heterocycles. The molecule has 0 bridgehead atoms. The van der Waals surface area contributed by atoms with Crippen LogP contribution in [0.4, 0.5) is 0 Å². The predicted molar refractivity (Wildman–Crippen MR) is 51.5 cm³/mol. The maximum atomic E-state index is 11.4. The molecule has 0 aliphatic carbocycles. The van der Waals surface area contributed by atoms with Crippen molar-refractivity contribution in [3.05, 3.63) is 48.7 Å². The smallest absolute Gasteiger partial charge is 0.166 e. The minimum Gasteiger partial charge on any atom is -0.501 e. The van der Waals surface area contributed by atoms with E-state index in [0.717, 1.165) is 5.56 Å². The molecule has 0 amide bonds. The quantitative estimate of drug-likeness (QED) is 0.391. The van der Waals surface area contributed by atoms with Crippen molar-refractivity contribution >= 4 is 5.78 Å². The molecule has 2 nitrogen and oxygen atoms in total. The molecule has 0 spiro atoms. The Morgan fingerprint density at radius 2 is 2.08 bits per heavy atom. The van der Waals surface area contributed by atoms with Crippen molar-refractivity contribution < 1.29 is 9.53 Å². The van der Waals surface area contributed by atoms with E-state index in [1.54, 1.807) is 12.1 Å². The molecule has 0 heterocycles. The molecule has 0 fully saturated rings. The third-order valence-corrected chi connectivity index (χ3v) is 1.66. The maximum Gasteiger partial charge on any atom is 0.166 e. The van der Waals surface area contributed by atoms with Gasteiger partial charge in [-0.15, -0.1) is 0 Å². The Balaban J connectivity index is 2.45. The zero-order chi connectivity index (χ0) is 9.52. The highest BCUT2D eigenvalue weighted by Gasteiger charge is 2.03. The molecule has 0 saturated heterocycles. The number of hydrogen-bond donors (Lipinski definition) is 0. The summed E-state index contributed by atoms with van der Waals surface area (Å²) in [6, 6.07) is 9.19. The normalized spacial score (nSPS) is 9.23. The molecule has 68 valence electrons. The fourth-order valence-corrected chi connectivity index (χ4v) is 1.00. The zero-order valence-electron chi connectivity index (χ0n) is 7.40. The molecule has 0 saturated carbocycles. The monoisotopic (exact) mass is 176 g/mol. The largest absolute Gasteiger partial charge is 0.501 e. The molecule has 0 radical (unpaired) electrons. The minimum atomic E-state index is 0.0995. The highest BCUT2D eigenvalue weighted by Crippen LogP contribution is 2.02. The van der Waals surface area contributed by atoms with E-state index < -0.39 is 0 Å². The van der Waals surface area contributed by atoms with Gasteiger partial charge in [-0.1, -0.05) is 36.9 Å². The first-order valence-electron chi connectivity index (χ1n) is 4.15. The topological polar surface area (TPSA) is 26.3 Å². The van der Waals surface area contributed by atoms with E-state index in [4.69, 9.17) is 4.74 Å². The summed E-state index contributed by atoms with van der Waals surface area (Å²) >= 11 is 0. The number of hydrogen-bond acceptors (Lipinski definition) is 2. The number of carbonyl (C=O) groups excluding carboxylic acids is 1. The average molecular weight is 176 g/mol. The Bertz CT molecular complexity index is 277. The number of benzene rings is 1. The van der Waals surface area contributed by atoms with Crippen LogP contribution in [0.1, 0.15) is 16.8 Å². The molecular weight excluding hydrogens is 164 g/mol. The van der Waals surface area contributed by atoms with Gasteiger partial charge in [0.2, 0.25) is 0 Å². The molecule has 13 heavy (non-hydrogen) atoms. The third-order valence-electron chi connectivity index (χ3n) is 1.66. The Morgan fingerprint density at radius 1 is 1.38 bits per heavy atom. The van der Waals surface area contributed by atoms with Crippen molar-refractivity contribution in [2.24, 2.45) is 0 Å². The van der Waals surface area contributed by atoms with E-state index >= 15 is 0 Å². The van der Waals surface area contributed by atoms with Gasteiger partial charge >= 0.3 is 0 Å². The summed E-state index contributed by atoms with van der Waals surface area (Å²) in [5.74, 6) is 0.0995. The van der Waals surface area contributed by atoms with E-state index in [9.17, 15) is 4.79 Å². The number of carbonyl (C=O) groups is 1. The summed E-state index contributed by atoms with van der Waals surface area (Å²) < 4.78 is 4.87. The van der Waals surface area contributed by atoms with Crippen LogP contribution in [0, 0.1) is 0 Å². The molecule has 0 aliphatic rings. The standard InChI is InChI=1S/C11H12O2/c1-2-13-9-8-11(12)10-6-4-3-5-7-10/h2-7H,1,8-9H2. The fourth-order valence-electron chi connectivity index (χ4n) is 1.00. The van der Waals surface area contributed by atoms with Crippen LogP contribution in [0.5, 0.6) is 0 Å². The van der Waals surface area contributed by atoms with E-state index in [2.05, 4.69) is 6.58 Å². The van der Waals surface area contributed by atoms with Gasteiger partial charge in [0.05, 0.1) is 12.9 Å². The number of ether oxygens (including phenoxy) is 1. The van der Waals surface area contributed by atoms with E-state index in [-0.39, 0.29) is 5.78 Å². The van der Waals surface area contributed by atoms with Crippen LogP contribution in [-0.2, 0) is 4.74 Å². The highest BCUT2D eigenvalue weighted by molar-refractivity contribution is 5.96. The molecular formula is C11H12O2. The van der Waals surface area contributed by atoms with Crippen LogP contribution in [0.25, 0.3) is 0 Å². The number of rotatable bonds is 5. The molecule has 1 aromatic carbocycles. The molecule has 0 unspecified atom stereocenters. The first kappa shape index (κ1) is 9.52. The molecule has 0 N–H and O–H groups in total. The summed E-state index contributed by atoms with van der Waals surface area (Å²) in [6.07, 6.45) is 1.74. The Morgan fingerprint density at radius 3 is 2.69 bits per heavy atom. The predicted octanol–water partition coefficient (Wildman–Crippen LogP) is 2.42. The SMILES string of the molecule is C=COCCC(=O)c1ccccc1.